The molecule has 0 radical (unpaired) electrons. The molecule has 0 bridgehead atoms. The van der Waals surface area contributed by atoms with Gasteiger partial charge in [-0.15, -0.1) is 6.58 Å². The van der Waals surface area contributed by atoms with E-state index in [2.05, 4.69) is 52.9 Å². The number of Topliss-reactive ketones (excluding diaryl/α,β-unsaturated/α-hetero) is 1. The van der Waals surface area contributed by atoms with Gasteiger partial charge < -0.3 is 25.4 Å². The summed E-state index contributed by atoms with van der Waals surface area (Å²) in [5.41, 5.74) is 2.40. The average Bonchev–Trinajstić information content (AvgIpc) is 3.11. The van der Waals surface area contributed by atoms with Gasteiger partial charge in [-0.1, -0.05) is 85.3 Å². The van der Waals surface area contributed by atoms with Gasteiger partial charge in [-0.3, -0.25) is 19.2 Å². The first-order valence-corrected chi connectivity index (χ1v) is 18.1. The van der Waals surface area contributed by atoms with Gasteiger partial charge in [0.1, 0.15) is 12.2 Å². The number of hydrogen-bond donors (Lipinski definition) is 3. The standard InChI is InChI=1S/C43H51N3O7/c1-6-13-35(27-52-28-47)46-41(50)34(16-11-12-23-44-42(51)53-43(3,4)5)26-39(49)38(45-29(2)48)24-30-19-21-31(22-20-30)40-36-17-9-7-14-32(36)25-33-15-8-10-18-37(33)40/h6-10,14-15,17-22,25,28,34-35,38H,1,11-13,16,23-24,26-27H2,2-5H3,(H,44,51)(H,45,48)(H,46,50)/t34-,35+,38+/m1/s1. The Morgan fingerprint density at radius 1 is 0.868 bits per heavy atom. The van der Waals surface area contributed by atoms with Crippen LogP contribution in [0.25, 0.3) is 32.7 Å². The van der Waals surface area contributed by atoms with Crippen LogP contribution in [0.1, 0.15) is 65.4 Å². The molecule has 0 fully saturated rings. The van der Waals surface area contributed by atoms with Gasteiger partial charge in [0.25, 0.3) is 6.47 Å². The SMILES string of the molecule is C=CC[C@@H](COC=O)NC(=O)[C@H](CCCCNC(=O)OC(C)(C)C)CC(=O)[C@H](Cc1ccc(-c2c3ccccc3cc3ccccc23)cc1)NC(C)=O. The van der Waals surface area contributed by atoms with E-state index in [1.165, 1.54) is 6.92 Å². The molecule has 4 aromatic rings. The van der Waals surface area contributed by atoms with Gasteiger partial charge in [-0.2, -0.15) is 0 Å². The van der Waals surface area contributed by atoms with Crippen molar-refractivity contribution in [2.75, 3.05) is 13.2 Å². The first-order valence-electron chi connectivity index (χ1n) is 18.1. The number of benzene rings is 4. The van der Waals surface area contributed by atoms with E-state index in [1.807, 2.05) is 48.5 Å². The normalized spacial score (nSPS) is 13.0. The van der Waals surface area contributed by atoms with Crippen LogP contribution < -0.4 is 16.0 Å². The number of ether oxygens (including phenoxy) is 2. The number of rotatable bonds is 19. The molecule has 0 aliphatic rings. The van der Waals surface area contributed by atoms with Crippen LogP contribution in [0.2, 0.25) is 0 Å². The topological polar surface area (TPSA) is 140 Å². The Kier molecular flexibility index (Phi) is 14.7. The fraction of sp³-hybridized carbons (Fsp3) is 0.372. The van der Waals surface area contributed by atoms with E-state index in [-0.39, 0.29) is 37.0 Å². The van der Waals surface area contributed by atoms with Crippen LogP contribution in [0.4, 0.5) is 4.79 Å². The fourth-order valence-corrected chi connectivity index (χ4v) is 6.43. The second-order valence-electron chi connectivity index (χ2n) is 14.3. The Hall–Kier alpha value is -5.51. The largest absolute Gasteiger partial charge is 0.466 e. The van der Waals surface area contributed by atoms with Crippen molar-refractivity contribution >= 4 is 51.7 Å². The Morgan fingerprint density at radius 3 is 2.09 bits per heavy atom. The third-order valence-corrected chi connectivity index (χ3v) is 8.85. The van der Waals surface area contributed by atoms with Crippen molar-refractivity contribution in [3.63, 3.8) is 0 Å². The molecule has 3 N–H and O–H groups in total. The first kappa shape index (κ1) is 40.3. The van der Waals surface area contributed by atoms with Gasteiger partial charge in [0.2, 0.25) is 11.8 Å². The average molecular weight is 722 g/mol. The highest BCUT2D eigenvalue weighted by atomic mass is 16.6. The smallest absolute Gasteiger partial charge is 0.407 e. The number of nitrogens with one attached hydrogen (secondary N) is 3. The van der Waals surface area contributed by atoms with Gasteiger partial charge in [0.05, 0.1) is 12.1 Å². The molecule has 0 heterocycles. The number of hydrogen-bond acceptors (Lipinski definition) is 7. The van der Waals surface area contributed by atoms with Gasteiger partial charge in [-0.05, 0) is 90.8 Å². The molecule has 4 aromatic carbocycles. The molecule has 0 aliphatic heterocycles. The number of unbranched alkanes of at least 4 members (excludes halogenated alkanes) is 1. The minimum Gasteiger partial charge on any atom is -0.466 e. The van der Waals surface area contributed by atoms with Gasteiger partial charge >= 0.3 is 6.09 Å². The second-order valence-corrected chi connectivity index (χ2v) is 14.3. The maximum atomic E-state index is 13.9. The molecular formula is C43H51N3O7. The molecule has 280 valence electrons. The fourth-order valence-electron chi connectivity index (χ4n) is 6.43. The number of ketones is 1. The van der Waals surface area contributed by atoms with Gasteiger partial charge in [0, 0.05) is 25.8 Å². The predicted octanol–water partition coefficient (Wildman–Crippen LogP) is 7.21. The summed E-state index contributed by atoms with van der Waals surface area (Å²) < 4.78 is 10.2. The zero-order valence-electron chi connectivity index (χ0n) is 31.1. The highest BCUT2D eigenvalue weighted by Gasteiger charge is 2.29. The summed E-state index contributed by atoms with van der Waals surface area (Å²) in [5.74, 6) is -1.73. The van der Waals surface area contributed by atoms with Crippen molar-refractivity contribution in [1.29, 1.82) is 0 Å². The number of amides is 3. The molecular weight excluding hydrogens is 670 g/mol. The van der Waals surface area contributed by atoms with Crippen molar-refractivity contribution in [3.8, 4) is 11.1 Å². The molecule has 0 spiro atoms. The molecule has 3 atom stereocenters. The Morgan fingerprint density at radius 2 is 1.51 bits per heavy atom. The zero-order chi connectivity index (χ0) is 38.4. The molecule has 0 saturated heterocycles. The Balaban J connectivity index is 1.51. The summed E-state index contributed by atoms with van der Waals surface area (Å²) in [6, 6.07) is 25.4. The van der Waals surface area contributed by atoms with E-state index in [4.69, 9.17) is 9.47 Å². The second kappa shape index (κ2) is 19.4. The zero-order valence-corrected chi connectivity index (χ0v) is 31.1. The van der Waals surface area contributed by atoms with Crippen molar-refractivity contribution < 1.29 is 33.4 Å². The summed E-state index contributed by atoms with van der Waals surface area (Å²) in [5, 5.41) is 13.0. The molecule has 0 saturated carbocycles. The van der Waals surface area contributed by atoms with E-state index >= 15 is 0 Å². The van der Waals surface area contributed by atoms with E-state index in [0.717, 1.165) is 38.2 Å². The monoisotopic (exact) mass is 721 g/mol. The van der Waals surface area contributed by atoms with Crippen molar-refractivity contribution in [2.45, 2.75) is 83.9 Å². The van der Waals surface area contributed by atoms with E-state index in [0.29, 0.717) is 38.7 Å². The van der Waals surface area contributed by atoms with Crippen molar-refractivity contribution in [1.82, 2.24) is 16.0 Å². The molecule has 10 nitrogen and oxygen atoms in total. The van der Waals surface area contributed by atoms with Crippen LogP contribution >= 0.6 is 0 Å². The maximum Gasteiger partial charge on any atom is 0.407 e. The molecule has 53 heavy (non-hydrogen) atoms. The lowest BCUT2D eigenvalue weighted by molar-refractivity contribution is -0.134. The van der Waals surface area contributed by atoms with Crippen LogP contribution in [0, 0.1) is 5.92 Å². The van der Waals surface area contributed by atoms with Crippen LogP contribution in [0.5, 0.6) is 0 Å². The minimum atomic E-state index is -0.858. The highest BCUT2D eigenvalue weighted by Crippen LogP contribution is 2.36. The van der Waals surface area contributed by atoms with Crippen LogP contribution in [-0.4, -0.2) is 61.0 Å². The molecule has 0 unspecified atom stereocenters. The summed E-state index contributed by atoms with van der Waals surface area (Å²) in [6.45, 7) is 11.0. The molecule has 4 rings (SSSR count). The summed E-state index contributed by atoms with van der Waals surface area (Å²) in [6.07, 6.45) is 3.01. The summed E-state index contributed by atoms with van der Waals surface area (Å²) in [7, 11) is 0. The summed E-state index contributed by atoms with van der Waals surface area (Å²) >= 11 is 0. The highest BCUT2D eigenvalue weighted by molar-refractivity contribution is 6.12. The summed E-state index contributed by atoms with van der Waals surface area (Å²) in [4.78, 5) is 62.7. The first-order chi connectivity index (χ1) is 25.4. The third-order valence-electron chi connectivity index (χ3n) is 8.85. The van der Waals surface area contributed by atoms with Crippen LogP contribution in [0.15, 0.2) is 91.5 Å². The van der Waals surface area contributed by atoms with E-state index in [9.17, 15) is 24.0 Å². The lowest BCUT2D eigenvalue weighted by Crippen LogP contribution is -2.45. The third kappa shape index (κ3) is 12.3. The number of carbonyl (C=O) groups excluding carboxylic acids is 5. The van der Waals surface area contributed by atoms with Gasteiger partial charge in [-0.25, -0.2) is 4.79 Å². The molecule has 3 amide bonds. The van der Waals surface area contributed by atoms with Crippen molar-refractivity contribution in [3.05, 3.63) is 97.1 Å². The van der Waals surface area contributed by atoms with E-state index in [1.54, 1.807) is 26.8 Å². The molecule has 0 aliphatic carbocycles. The lowest BCUT2D eigenvalue weighted by atomic mass is 9.89. The Labute approximate surface area is 311 Å². The number of alkyl carbamates (subject to hydrolysis) is 1. The van der Waals surface area contributed by atoms with Crippen molar-refractivity contribution in [2.24, 2.45) is 5.92 Å². The van der Waals surface area contributed by atoms with Crippen LogP contribution in [-0.2, 0) is 35.1 Å². The van der Waals surface area contributed by atoms with Crippen LogP contribution in [0.3, 0.4) is 0 Å². The number of carbonyl (C=O) groups is 5. The predicted molar refractivity (Wildman–Crippen MR) is 208 cm³/mol. The quantitative estimate of drug-likeness (QED) is 0.0402. The lowest BCUT2D eigenvalue weighted by Gasteiger charge is -2.24. The Bertz CT molecular complexity index is 1840. The van der Waals surface area contributed by atoms with E-state index < -0.39 is 29.7 Å². The maximum absolute atomic E-state index is 13.9. The molecule has 10 heteroatoms. The van der Waals surface area contributed by atoms with Gasteiger partial charge in [0.15, 0.2) is 5.78 Å². The molecule has 0 aromatic heterocycles. The minimum absolute atomic E-state index is 0.0409. The number of fused-ring (bicyclic) bond motifs is 2.